The van der Waals surface area contributed by atoms with E-state index in [1.165, 1.54) is 5.39 Å². The zero-order valence-electron chi connectivity index (χ0n) is 17.3. The van der Waals surface area contributed by atoms with Gasteiger partial charge in [0.25, 0.3) is 0 Å². The van der Waals surface area contributed by atoms with E-state index in [-0.39, 0.29) is 17.9 Å². The van der Waals surface area contributed by atoms with Crippen LogP contribution >= 0.6 is 0 Å². The summed E-state index contributed by atoms with van der Waals surface area (Å²) in [6.07, 6.45) is 1.05. The van der Waals surface area contributed by atoms with E-state index in [4.69, 9.17) is 4.74 Å². The third-order valence-corrected chi connectivity index (χ3v) is 5.12. The van der Waals surface area contributed by atoms with Gasteiger partial charge in [0.15, 0.2) is 0 Å². The van der Waals surface area contributed by atoms with E-state index >= 15 is 0 Å². The van der Waals surface area contributed by atoms with Gasteiger partial charge in [-0.25, -0.2) is 4.79 Å². The molecule has 3 rings (SSSR count). The van der Waals surface area contributed by atoms with Crippen molar-refractivity contribution in [3.05, 3.63) is 42.5 Å². The van der Waals surface area contributed by atoms with Gasteiger partial charge in [-0.2, -0.15) is 0 Å². The average Bonchev–Trinajstić information content (AvgIpc) is 2.67. The van der Waals surface area contributed by atoms with Crippen molar-refractivity contribution in [1.29, 1.82) is 0 Å². The van der Waals surface area contributed by atoms with E-state index in [0.29, 0.717) is 32.5 Å². The Labute approximate surface area is 167 Å². The maximum atomic E-state index is 13.2. The topological polar surface area (TPSA) is 49.9 Å². The Morgan fingerprint density at radius 2 is 1.71 bits per heavy atom. The molecule has 2 amide bonds. The van der Waals surface area contributed by atoms with Crippen LogP contribution in [-0.4, -0.2) is 42.1 Å². The molecule has 1 fully saturated rings. The number of hydrogen-bond acceptors (Lipinski definition) is 3. The Bertz CT molecular complexity index is 848. The lowest BCUT2D eigenvalue weighted by Crippen LogP contribution is -2.46. The molecule has 2 aromatic rings. The number of rotatable bonds is 3. The number of ether oxygens (including phenoxy) is 1. The van der Waals surface area contributed by atoms with E-state index in [1.54, 1.807) is 4.90 Å². The fourth-order valence-electron chi connectivity index (χ4n) is 3.67. The first-order chi connectivity index (χ1) is 13.3. The number of benzene rings is 2. The quantitative estimate of drug-likeness (QED) is 0.763. The molecule has 0 radical (unpaired) electrons. The number of fused-ring (bicyclic) bond motifs is 1. The lowest BCUT2D eigenvalue weighted by atomic mass is 9.95. The molecular weight excluding hydrogens is 352 g/mol. The summed E-state index contributed by atoms with van der Waals surface area (Å²) in [5.41, 5.74) is 0.430. The molecule has 150 valence electrons. The van der Waals surface area contributed by atoms with E-state index in [9.17, 15) is 9.59 Å². The maximum absolute atomic E-state index is 13.2. The number of anilines is 1. The Morgan fingerprint density at radius 1 is 1.07 bits per heavy atom. The van der Waals surface area contributed by atoms with Gasteiger partial charge < -0.3 is 14.5 Å². The Balaban J connectivity index is 1.66. The molecule has 1 saturated heterocycles. The van der Waals surface area contributed by atoms with E-state index in [1.807, 2.05) is 50.8 Å². The molecule has 5 nitrogen and oxygen atoms in total. The molecule has 0 atom stereocenters. The van der Waals surface area contributed by atoms with Crippen LogP contribution < -0.4 is 4.90 Å². The molecule has 0 aromatic heterocycles. The van der Waals surface area contributed by atoms with E-state index in [2.05, 4.69) is 24.3 Å². The minimum atomic E-state index is -0.501. The summed E-state index contributed by atoms with van der Waals surface area (Å²) < 4.78 is 5.44. The third-order valence-electron chi connectivity index (χ3n) is 5.12. The van der Waals surface area contributed by atoms with Gasteiger partial charge in [0.05, 0.1) is 0 Å². The highest BCUT2D eigenvalue weighted by Crippen LogP contribution is 2.27. The van der Waals surface area contributed by atoms with Crippen LogP contribution in [0.2, 0.25) is 0 Å². The minimum absolute atomic E-state index is 0.0647. The van der Waals surface area contributed by atoms with Gasteiger partial charge in [0.2, 0.25) is 5.91 Å². The van der Waals surface area contributed by atoms with Crippen molar-refractivity contribution in [2.45, 2.75) is 46.1 Å². The summed E-state index contributed by atoms with van der Waals surface area (Å²) in [6, 6.07) is 14.3. The van der Waals surface area contributed by atoms with Gasteiger partial charge in [-0.3, -0.25) is 4.79 Å². The zero-order valence-corrected chi connectivity index (χ0v) is 17.3. The van der Waals surface area contributed by atoms with Crippen molar-refractivity contribution in [2.75, 3.05) is 24.5 Å². The Morgan fingerprint density at radius 3 is 2.32 bits per heavy atom. The molecule has 0 saturated carbocycles. The van der Waals surface area contributed by atoms with E-state index in [0.717, 1.165) is 11.1 Å². The van der Waals surface area contributed by atoms with Gasteiger partial charge in [-0.15, -0.1) is 0 Å². The normalized spacial score (nSPS) is 15.5. The molecule has 0 aliphatic carbocycles. The maximum Gasteiger partial charge on any atom is 0.410 e. The molecule has 28 heavy (non-hydrogen) atoms. The second kappa shape index (κ2) is 8.21. The van der Waals surface area contributed by atoms with Crippen LogP contribution in [0.25, 0.3) is 10.8 Å². The first-order valence-corrected chi connectivity index (χ1v) is 10.1. The highest BCUT2D eigenvalue weighted by molar-refractivity contribution is 5.97. The van der Waals surface area contributed by atoms with Crippen molar-refractivity contribution < 1.29 is 14.3 Å². The molecule has 1 heterocycles. The second-order valence-electron chi connectivity index (χ2n) is 8.36. The van der Waals surface area contributed by atoms with Crippen LogP contribution in [-0.2, 0) is 9.53 Å². The number of hydrogen-bond donors (Lipinski definition) is 0. The minimum Gasteiger partial charge on any atom is -0.444 e. The fraction of sp³-hybridized carbons (Fsp3) is 0.478. The zero-order chi connectivity index (χ0) is 20.3. The van der Waals surface area contributed by atoms with Crippen LogP contribution in [0.5, 0.6) is 0 Å². The van der Waals surface area contributed by atoms with Crippen molar-refractivity contribution in [3.63, 3.8) is 0 Å². The van der Waals surface area contributed by atoms with Crippen LogP contribution in [0, 0.1) is 5.92 Å². The van der Waals surface area contributed by atoms with Crippen molar-refractivity contribution in [1.82, 2.24) is 4.90 Å². The molecule has 0 spiro atoms. The summed E-state index contributed by atoms with van der Waals surface area (Å²) in [5.74, 6) is 0.0757. The van der Waals surface area contributed by atoms with Gasteiger partial charge in [0.1, 0.15) is 5.60 Å². The first-order valence-electron chi connectivity index (χ1n) is 10.1. The SMILES string of the molecule is CCN(C(=O)C1CCN(C(=O)OC(C)(C)C)CC1)c1ccc2ccccc2c1. The standard InChI is InChI=1S/C23H30N2O3/c1-5-25(20-11-10-17-8-6-7-9-19(17)16-20)21(26)18-12-14-24(15-13-18)22(27)28-23(2,3)4/h6-11,16,18H,5,12-15H2,1-4H3. The largest absolute Gasteiger partial charge is 0.444 e. The van der Waals surface area contributed by atoms with Crippen LogP contribution in [0.1, 0.15) is 40.5 Å². The first kappa shape index (κ1) is 20.2. The molecule has 1 aliphatic rings. The molecule has 0 unspecified atom stereocenters. The number of likely N-dealkylation sites (tertiary alicyclic amines) is 1. The monoisotopic (exact) mass is 382 g/mol. The lowest BCUT2D eigenvalue weighted by Gasteiger charge is -2.35. The predicted octanol–water partition coefficient (Wildman–Crippen LogP) is 4.84. The smallest absolute Gasteiger partial charge is 0.410 e. The molecule has 0 bridgehead atoms. The van der Waals surface area contributed by atoms with Gasteiger partial charge >= 0.3 is 6.09 Å². The van der Waals surface area contributed by atoms with Crippen LogP contribution in [0.3, 0.4) is 0 Å². The summed E-state index contributed by atoms with van der Waals surface area (Å²) in [5, 5.41) is 2.30. The van der Waals surface area contributed by atoms with Crippen LogP contribution in [0.4, 0.5) is 10.5 Å². The molecule has 0 N–H and O–H groups in total. The number of nitrogens with zero attached hydrogens (tertiary/aromatic N) is 2. The van der Waals surface area contributed by atoms with Gasteiger partial charge in [-0.05, 0) is 63.4 Å². The Hall–Kier alpha value is -2.56. The van der Waals surface area contributed by atoms with Crippen molar-refractivity contribution >= 4 is 28.5 Å². The lowest BCUT2D eigenvalue weighted by molar-refractivity contribution is -0.123. The summed E-state index contributed by atoms with van der Waals surface area (Å²) in [4.78, 5) is 29.0. The number of carbonyl (C=O) groups excluding carboxylic acids is 2. The number of carbonyl (C=O) groups is 2. The third kappa shape index (κ3) is 4.64. The van der Waals surface area contributed by atoms with Gasteiger partial charge in [0, 0.05) is 31.2 Å². The summed E-state index contributed by atoms with van der Waals surface area (Å²) >= 11 is 0. The van der Waals surface area contributed by atoms with Crippen molar-refractivity contribution in [3.8, 4) is 0 Å². The fourth-order valence-corrected chi connectivity index (χ4v) is 3.67. The Kier molecular flexibility index (Phi) is 5.92. The summed E-state index contributed by atoms with van der Waals surface area (Å²) in [7, 11) is 0. The average molecular weight is 383 g/mol. The molecule has 5 heteroatoms. The number of piperidine rings is 1. The summed E-state index contributed by atoms with van der Waals surface area (Å²) in [6.45, 7) is 9.34. The molecule has 1 aliphatic heterocycles. The van der Waals surface area contributed by atoms with Crippen molar-refractivity contribution in [2.24, 2.45) is 5.92 Å². The molecule has 2 aromatic carbocycles. The predicted molar refractivity (Wildman–Crippen MR) is 113 cm³/mol. The highest BCUT2D eigenvalue weighted by Gasteiger charge is 2.32. The van der Waals surface area contributed by atoms with Crippen LogP contribution in [0.15, 0.2) is 42.5 Å². The van der Waals surface area contributed by atoms with Gasteiger partial charge in [-0.1, -0.05) is 30.3 Å². The van der Waals surface area contributed by atoms with E-state index < -0.39 is 5.60 Å². The number of amides is 2. The highest BCUT2D eigenvalue weighted by atomic mass is 16.6. The second-order valence-corrected chi connectivity index (χ2v) is 8.36. The molecular formula is C23H30N2O3.